The Balaban J connectivity index is 1.62. The Morgan fingerprint density at radius 2 is 1.03 bits per heavy atom. The number of carbonyl (C=O) groups excluding carboxylic acids is 2. The summed E-state index contributed by atoms with van der Waals surface area (Å²) in [5, 5.41) is 0. The minimum atomic E-state index is -0.332. The smallest absolute Gasteiger partial charge is 0.340 e. The van der Waals surface area contributed by atoms with Gasteiger partial charge >= 0.3 is 11.9 Å². The van der Waals surface area contributed by atoms with Gasteiger partial charge in [-0.3, -0.25) is 9.97 Å². The lowest BCUT2D eigenvalue weighted by atomic mass is 9.87. The average molecular weight is 513 g/mol. The Labute approximate surface area is 224 Å². The second kappa shape index (κ2) is 11.1. The standard InChI is InChI=1S/C32H36N2O4/c1-5-37-31(35)27-19(3)23-11-7-9-13-25(23)33-29(27)21-15-17-22(18-16-21)30-28(32(36)38-6-2)20(4)24-12-8-10-14-26(24)34-30/h15-18H,5-14H2,1-4H3. The first-order valence-corrected chi connectivity index (χ1v) is 13.9. The monoisotopic (exact) mass is 512 g/mol. The molecule has 2 aliphatic carbocycles. The third-order valence-electron chi connectivity index (χ3n) is 7.89. The molecule has 0 aliphatic heterocycles. The van der Waals surface area contributed by atoms with Crippen LogP contribution in [-0.2, 0) is 35.2 Å². The summed E-state index contributed by atoms with van der Waals surface area (Å²) in [6, 6.07) is 7.89. The van der Waals surface area contributed by atoms with Gasteiger partial charge in [0.2, 0.25) is 0 Å². The van der Waals surface area contributed by atoms with Crippen LogP contribution < -0.4 is 0 Å². The first kappa shape index (κ1) is 26.1. The van der Waals surface area contributed by atoms with Crippen molar-refractivity contribution in [2.75, 3.05) is 13.2 Å². The average Bonchev–Trinajstić information content (AvgIpc) is 2.93. The first-order chi connectivity index (χ1) is 18.4. The Morgan fingerprint density at radius 3 is 1.39 bits per heavy atom. The molecule has 0 unspecified atom stereocenters. The quantitative estimate of drug-likeness (QED) is 0.349. The summed E-state index contributed by atoms with van der Waals surface area (Å²) in [6.45, 7) is 8.30. The lowest BCUT2D eigenvalue weighted by Crippen LogP contribution is -2.17. The number of benzene rings is 1. The van der Waals surface area contributed by atoms with E-state index in [4.69, 9.17) is 19.4 Å². The number of pyridine rings is 2. The van der Waals surface area contributed by atoms with Gasteiger partial charge in [0.25, 0.3) is 0 Å². The Hall–Kier alpha value is -3.54. The van der Waals surface area contributed by atoms with Gasteiger partial charge in [-0.2, -0.15) is 0 Å². The molecule has 0 amide bonds. The predicted molar refractivity (Wildman–Crippen MR) is 148 cm³/mol. The van der Waals surface area contributed by atoms with E-state index in [1.54, 1.807) is 0 Å². The van der Waals surface area contributed by atoms with Crippen molar-refractivity contribution in [3.63, 3.8) is 0 Å². The number of carbonyl (C=O) groups is 2. The number of hydrogen-bond acceptors (Lipinski definition) is 6. The maximum absolute atomic E-state index is 13.1. The minimum absolute atomic E-state index is 0.313. The highest BCUT2D eigenvalue weighted by molar-refractivity contribution is 6.00. The molecule has 0 saturated carbocycles. The highest BCUT2D eigenvalue weighted by atomic mass is 16.5. The van der Waals surface area contributed by atoms with Gasteiger partial charge in [0.15, 0.2) is 0 Å². The number of nitrogens with zero attached hydrogens (tertiary/aromatic N) is 2. The SMILES string of the molecule is CCOC(=O)c1c(-c2ccc(-c3nc4c(c(C)c3C(=O)OCC)CCCC4)cc2)nc2c(c1C)CCCC2. The molecule has 38 heavy (non-hydrogen) atoms. The molecule has 0 spiro atoms. The third-order valence-corrected chi connectivity index (χ3v) is 7.89. The minimum Gasteiger partial charge on any atom is -0.462 e. The highest BCUT2D eigenvalue weighted by Crippen LogP contribution is 2.36. The van der Waals surface area contributed by atoms with Gasteiger partial charge in [-0.05, 0) is 101 Å². The summed E-state index contributed by atoms with van der Waals surface area (Å²) >= 11 is 0. The van der Waals surface area contributed by atoms with Crippen molar-refractivity contribution < 1.29 is 19.1 Å². The molecule has 6 nitrogen and oxygen atoms in total. The molecule has 0 bridgehead atoms. The van der Waals surface area contributed by atoms with Crippen molar-refractivity contribution >= 4 is 11.9 Å². The van der Waals surface area contributed by atoms with Crippen molar-refractivity contribution in [2.45, 2.75) is 79.1 Å². The van der Waals surface area contributed by atoms with Crippen LogP contribution in [-0.4, -0.2) is 35.1 Å². The topological polar surface area (TPSA) is 78.4 Å². The van der Waals surface area contributed by atoms with Gasteiger partial charge in [0.05, 0.1) is 35.7 Å². The summed E-state index contributed by atoms with van der Waals surface area (Å²) in [5.41, 5.74) is 10.6. The molecule has 1 aromatic carbocycles. The van der Waals surface area contributed by atoms with Crippen molar-refractivity contribution in [1.29, 1.82) is 0 Å². The maximum atomic E-state index is 13.1. The molecule has 0 saturated heterocycles. The fraction of sp³-hybridized carbons (Fsp3) is 0.438. The van der Waals surface area contributed by atoms with Gasteiger partial charge in [-0.15, -0.1) is 0 Å². The van der Waals surface area contributed by atoms with E-state index in [2.05, 4.69) is 0 Å². The second-order valence-electron chi connectivity index (χ2n) is 10.2. The van der Waals surface area contributed by atoms with Crippen LogP contribution in [0.1, 0.15) is 93.9 Å². The van der Waals surface area contributed by atoms with Crippen molar-refractivity contribution in [2.24, 2.45) is 0 Å². The van der Waals surface area contributed by atoms with Gasteiger partial charge in [0, 0.05) is 22.5 Å². The fourth-order valence-electron chi connectivity index (χ4n) is 5.98. The van der Waals surface area contributed by atoms with E-state index in [-0.39, 0.29) is 11.9 Å². The number of esters is 2. The van der Waals surface area contributed by atoms with Crippen LogP contribution in [0.3, 0.4) is 0 Å². The van der Waals surface area contributed by atoms with Gasteiger partial charge in [-0.1, -0.05) is 24.3 Å². The highest BCUT2D eigenvalue weighted by Gasteiger charge is 2.27. The zero-order chi connectivity index (χ0) is 26.8. The van der Waals surface area contributed by atoms with Crippen LogP contribution in [0.5, 0.6) is 0 Å². The van der Waals surface area contributed by atoms with E-state index in [0.717, 1.165) is 85.0 Å². The van der Waals surface area contributed by atoms with Gasteiger partial charge in [0.1, 0.15) is 0 Å². The van der Waals surface area contributed by atoms with Crippen molar-refractivity contribution in [1.82, 2.24) is 9.97 Å². The number of aromatic nitrogens is 2. The summed E-state index contributed by atoms with van der Waals surface area (Å²) < 4.78 is 10.9. The van der Waals surface area contributed by atoms with Crippen LogP contribution >= 0.6 is 0 Å². The molecular formula is C32H36N2O4. The third kappa shape index (κ3) is 4.72. The van der Waals surface area contributed by atoms with Crippen molar-refractivity contribution in [3.05, 3.63) is 69.0 Å². The first-order valence-electron chi connectivity index (χ1n) is 13.9. The molecule has 3 aromatic rings. The number of fused-ring (bicyclic) bond motifs is 2. The summed E-state index contributed by atoms with van der Waals surface area (Å²) in [7, 11) is 0. The zero-order valence-electron chi connectivity index (χ0n) is 22.9. The molecule has 2 heterocycles. The van der Waals surface area contributed by atoms with E-state index in [1.807, 2.05) is 52.0 Å². The number of rotatable bonds is 6. The van der Waals surface area contributed by atoms with E-state index in [9.17, 15) is 9.59 Å². The van der Waals surface area contributed by atoms with Gasteiger partial charge < -0.3 is 9.47 Å². The van der Waals surface area contributed by atoms with Crippen molar-refractivity contribution in [3.8, 4) is 22.5 Å². The molecule has 0 atom stereocenters. The Bertz CT molecular complexity index is 1290. The molecular weight excluding hydrogens is 476 g/mol. The van der Waals surface area contributed by atoms with Crippen LogP contribution in [0.15, 0.2) is 24.3 Å². The zero-order valence-corrected chi connectivity index (χ0v) is 22.9. The van der Waals surface area contributed by atoms with Gasteiger partial charge in [-0.25, -0.2) is 9.59 Å². The molecule has 5 rings (SSSR count). The molecule has 6 heteroatoms. The lowest BCUT2D eigenvalue weighted by Gasteiger charge is -2.23. The predicted octanol–water partition coefficient (Wildman–Crippen LogP) is 6.54. The van der Waals surface area contributed by atoms with E-state index in [0.29, 0.717) is 35.7 Å². The number of ether oxygens (including phenoxy) is 2. The van der Waals surface area contributed by atoms with Crippen LogP contribution in [0.2, 0.25) is 0 Å². The fourth-order valence-corrected chi connectivity index (χ4v) is 5.98. The number of aryl methyl sites for hydroxylation is 2. The van der Waals surface area contributed by atoms with Crippen LogP contribution in [0, 0.1) is 13.8 Å². The van der Waals surface area contributed by atoms with E-state index < -0.39 is 0 Å². The Kier molecular flexibility index (Phi) is 7.59. The van der Waals surface area contributed by atoms with Crippen LogP contribution in [0.25, 0.3) is 22.5 Å². The lowest BCUT2D eigenvalue weighted by molar-refractivity contribution is 0.0516. The maximum Gasteiger partial charge on any atom is 0.340 e. The summed E-state index contributed by atoms with van der Waals surface area (Å²) in [5.74, 6) is -0.664. The van der Waals surface area contributed by atoms with E-state index in [1.165, 1.54) is 11.1 Å². The molecule has 2 aliphatic rings. The molecule has 2 aromatic heterocycles. The normalized spacial score (nSPS) is 14.4. The second-order valence-corrected chi connectivity index (χ2v) is 10.2. The Morgan fingerprint density at radius 1 is 0.658 bits per heavy atom. The molecule has 0 N–H and O–H groups in total. The molecule has 0 radical (unpaired) electrons. The van der Waals surface area contributed by atoms with Crippen LogP contribution in [0.4, 0.5) is 0 Å². The number of hydrogen-bond donors (Lipinski definition) is 0. The molecule has 198 valence electrons. The largest absolute Gasteiger partial charge is 0.462 e. The molecule has 0 fully saturated rings. The summed E-state index contributed by atoms with van der Waals surface area (Å²) in [6.07, 6.45) is 8.17. The van der Waals surface area contributed by atoms with E-state index >= 15 is 0 Å². The summed E-state index contributed by atoms with van der Waals surface area (Å²) in [4.78, 5) is 36.1.